The normalized spacial score (nSPS) is 14.0. The third-order valence-corrected chi connectivity index (χ3v) is 6.12. The summed E-state index contributed by atoms with van der Waals surface area (Å²) in [5.41, 5.74) is 2.84. The van der Waals surface area contributed by atoms with Crippen LogP contribution in [0.4, 0.5) is 11.5 Å². The van der Waals surface area contributed by atoms with Crippen LogP contribution in [0.1, 0.15) is 24.3 Å². The van der Waals surface area contributed by atoms with Crippen molar-refractivity contribution in [3.05, 3.63) is 35.2 Å². The number of nitrogens with one attached hydrogen (secondary N) is 2. The van der Waals surface area contributed by atoms with E-state index in [1.54, 1.807) is 30.1 Å². The number of carbonyl (C=O) groups excluding carboxylic acids is 1. The number of amides is 1. The molecule has 28 heavy (non-hydrogen) atoms. The van der Waals surface area contributed by atoms with Gasteiger partial charge in [-0.15, -0.1) is 11.3 Å². The predicted octanol–water partition coefficient (Wildman–Crippen LogP) is 3.25. The van der Waals surface area contributed by atoms with Crippen molar-refractivity contribution in [2.45, 2.75) is 26.8 Å². The molecule has 0 bridgehead atoms. The first kappa shape index (κ1) is 17.1. The molecule has 0 fully saturated rings. The molecule has 2 N–H and O–H groups in total. The number of rotatable bonds is 3. The molecule has 5 rings (SSSR count). The molecule has 0 atom stereocenters. The molecule has 1 amide bonds. The van der Waals surface area contributed by atoms with Crippen LogP contribution in [0.25, 0.3) is 21.3 Å². The van der Waals surface area contributed by atoms with Crippen LogP contribution in [0, 0.1) is 5.92 Å². The highest BCUT2D eigenvalue weighted by Gasteiger charge is 2.27. The van der Waals surface area contributed by atoms with E-state index >= 15 is 0 Å². The Bertz CT molecular complexity index is 1200. The molecule has 1 aliphatic rings. The summed E-state index contributed by atoms with van der Waals surface area (Å²) in [5, 5.41) is 12.2. The van der Waals surface area contributed by atoms with Crippen LogP contribution in [0.15, 0.2) is 24.8 Å². The van der Waals surface area contributed by atoms with Crippen LogP contribution in [0.5, 0.6) is 0 Å². The van der Waals surface area contributed by atoms with Gasteiger partial charge in [-0.05, 0) is 18.1 Å². The Labute approximate surface area is 165 Å². The van der Waals surface area contributed by atoms with Gasteiger partial charge < -0.3 is 10.2 Å². The Hall–Kier alpha value is -3.07. The molecule has 0 aromatic carbocycles. The Morgan fingerprint density at radius 1 is 1.29 bits per heavy atom. The average molecular weight is 393 g/mol. The van der Waals surface area contributed by atoms with Gasteiger partial charge in [0.25, 0.3) is 0 Å². The molecule has 0 spiro atoms. The van der Waals surface area contributed by atoms with Crippen LogP contribution in [0.2, 0.25) is 0 Å². The van der Waals surface area contributed by atoms with E-state index in [9.17, 15) is 4.79 Å². The summed E-state index contributed by atoms with van der Waals surface area (Å²) in [6, 6.07) is 1.99. The number of aromatic amines is 1. The summed E-state index contributed by atoms with van der Waals surface area (Å²) in [4.78, 5) is 29.8. The zero-order valence-electron chi connectivity index (χ0n) is 15.6. The van der Waals surface area contributed by atoms with E-state index in [2.05, 4.69) is 30.5 Å². The first-order valence-corrected chi connectivity index (χ1v) is 10.0. The lowest BCUT2D eigenvalue weighted by atomic mass is 10.0. The minimum Gasteiger partial charge on any atom is -0.338 e. The first-order chi connectivity index (χ1) is 13.6. The number of hydrogen-bond acceptors (Lipinski definition) is 7. The molecule has 4 aromatic heterocycles. The van der Waals surface area contributed by atoms with E-state index < -0.39 is 0 Å². The Balaban J connectivity index is 1.52. The average Bonchev–Trinajstić information content (AvgIpc) is 3.30. The summed E-state index contributed by atoms with van der Waals surface area (Å²) in [6.45, 7) is 5.27. The van der Waals surface area contributed by atoms with Crippen molar-refractivity contribution in [3.8, 4) is 0 Å². The second kappa shape index (κ2) is 6.52. The standard InChI is InChI=1S/C19H19N7OS/c1-10(2)19(27)26-4-3-13-14(8-26)28-18-15(13)17(21-9-22-18)24-12-5-11-6-23-25-16(11)20-7-12/h5-7,9-10H,3-4,8H2,1-2H3,(H,20,23,25)(H,21,22,24). The maximum Gasteiger partial charge on any atom is 0.225 e. The van der Waals surface area contributed by atoms with Gasteiger partial charge in [0.2, 0.25) is 5.91 Å². The molecule has 1 aliphatic heterocycles. The SMILES string of the molecule is CC(C)C(=O)N1CCc2c(sc3ncnc(Nc4cnc5[nH]ncc5c4)c23)C1. The molecule has 5 heterocycles. The molecule has 0 radical (unpaired) electrons. The maximum atomic E-state index is 12.4. The molecule has 8 nitrogen and oxygen atoms in total. The summed E-state index contributed by atoms with van der Waals surface area (Å²) in [5.74, 6) is 0.987. The highest BCUT2D eigenvalue weighted by molar-refractivity contribution is 7.19. The third-order valence-electron chi connectivity index (χ3n) is 5.00. The molecule has 0 unspecified atom stereocenters. The molecule has 9 heteroatoms. The number of fused-ring (bicyclic) bond motifs is 4. The van der Waals surface area contributed by atoms with Crippen molar-refractivity contribution in [3.63, 3.8) is 0 Å². The van der Waals surface area contributed by atoms with Gasteiger partial charge in [0.1, 0.15) is 17.0 Å². The van der Waals surface area contributed by atoms with Gasteiger partial charge in [-0.1, -0.05) is 13.8 Å². The molecular formula is C19H19N7OS. The smallest absolute Gasteiger partial charge is 0.225 e. The zero-order valence-corrected chi connectivity index (χ0v) is 16.4. The van der Waals surface area contributed by atoms with Crippen LogP contribution in [-0.2, 0) is 17.8 Å². The minimum atomic E-state index is 0.0123. The summed E-state index contributed by atoms with van der Waals surface area (Å²) >= 11 is 1.65. The Kier molecular flexibility index (Phi) is 3.97. The highest BCUT2D eigenvalue weighted by atomic mass is 32.1. The summed E-state index contributed by atoms with van der Waals surface area (Å²) in [7, 11) is 0. The van der Waals surface area contributed by atoms with Crippen LogP contribution in [-0.4, -0.2) is 42.5 Å². The lowest BCUT2D eigenvalue weighted by Gasteiger charge is -2.28. The van der Waals surface area contributed by atoms with E-state index in [-0.39, 0.29) is 11.8 Å². The van der Waals surface area contributed by atoms with Gasteiger partial charge in [0.15, 0.2) is 5.65 Å². The number of pyridine rings is 1. The van der Waals surface area contributed by atoms with E-state index in [0.29, 0.717) is 6.54 Å². The third kappa shape index (κ3) is 2.78. The largest absolute Gasteiger partial charge is 0.338 e. The topological polar surface area (TPSA) is 99.7 Å². The van der Waals surface area contributed by atoms with Crippen molar-refractivity contribution in [2.75, 3.05) is 11.9 Å². The van der Waals surface area contributed by atoms with Gasteiger partial charge in [-0.25, -0.2) is 15.0 Å². The quantitative estimate of drug-likeness (QED) is 0.554. The van der Waals surface area contributed by atoms with Crippen molar-refractivity contribution in [1.82, 2.24) is 30.0 Å². The van der Waals surface area contributed by atoms with Crippen molar-refractivity contribution >= 4 is 50.0 Å². The minimum absolute atomic E-state index is 0.0123. The van der Waals surface area contributed by atoms with Crippen molar-refractivity contribution in [2.24, 2.45) is 5.92 Å². The zero-order chi connectivity index (χ0) is 19.3. The van der Waals surface area contributed by atoms with E-state index in [4.69, 9.17) is 0 Å². The van der Waals surface area contributed by atoms with Gasteiger partial charge >= 0.3 is 0 Å². The Morgan fingerprint density at radius 3 is 3.04 bits per heavy atom. The van der Waals surface area contributed by atoms with Gasteiger partial charge in [-0.2, -0.15) is 5.10 Å². The van der Waals surface area contributed by atoms with Crippen LogP contribution in [0.3, 0.4) is 0 Å². The Morgan fingerprint density at radius 2 is 2.18 bits per heavy atom. The fourth-order valence-electron chi connectivity index (χ4n) is 3.62. The number of anilines is 2. The number of nitrogens with zero attached hydrogens (tertiary/aromatic N) is 5. The lowest BCUT2D eigenvalue weighted by Crippen LogP contribution is -2.37. The molecular weight excluding hydrogens is 374 g/mol. The highest BCUT2D eigenvalue weighted by Crippen LogP contribution is 2.38. The summed E-state index contributed by atoms with van der Waals surface area (Å²) in [6.07, 6.45) is 5.90. The van der Waals surface area contributed by atoms with Crippen LogP contribution < -0.4 is 5.32 Å². The molecule has 0 saturated carbocycles. The van der Waals surface area contributed by atoms with E-state index in [0.717, 1.165) is 45.7 Å². The van der Waals surface area contributed by atoms with Crippen LogP contribution >= 0.6 is 11.3 Å². The molecule has 0 aliphatic carbocycles. The number of carbonyl (C=O) groups is 1. The van der Waals surface area contributed by atoms with Gasteiger partial charge in [-0.3, -0.25) is 9.89 Å². The monoisotopic (exact) mass is 393 g/mol. The van der Waals surface area contributed by atoms with Gasteiger partial charge in [0, 0.05) is 22.7 Å². The lowest BCUT2D eigenvalue weighted by molar-refractivity contribution is -0.135. The number of hydrogen-bond donors (Lipinski definition) is 2. The second-order valence-corrected chi connectivity index (χ2v) is 8.31. The first-order valence-electron chi connectivity index (χ1n) is 9.20. The fourth-order valence-corrected chi connectivity index (χ4v) is 4.82. The number of aromatic nitrogens is 5. The molecule has 0 saturated heterocycles. The van der Waals surface area contributed by atoms with E-state index in [1.165, 1.54) is 10.4 Å². The molecule has 142 valence electrons. The fraction of sp³-hybridized carbons (Fsp3) is 0.316. The molecule has 4 aromatic rings. The second-order valence-electron chi connectivity index (χ2n) is 7.23. The number of thiophene rings is 1. The van der Waals surface area contributed by atoms with E-state index in [1.807, 2.05) is 24.8 Å². The number of H-pyrrole nitrogens is 1. The van der Waals surface area contributed by atoms with Crippen molar-refractivity contribution < 1.29 is 4.79 Å². The van der Waals surface area contributed by atoms with Crippen molar-refractivity contribution in [1.29, 1.82) is 0 Å². The van der Waals surface area contributed by atoms with Gasteiger partial charge in [0.05, 0.1) is 30.0 Å². The summed E-state index contributed by atoms with van der Waals surface area (Å²) < 4.78 is 0. The maximum absolute atomic E-state index is 12.4. The predicted molar refractivity (Wildman–Crippen MR) is 109 cm³/mol.